The number of carbonyl (C=O) groups is 4. The first kappa shape index (κ1) is 18.7. The van der Waals surface area contributed by atoms with E-state index in [4.69, 9.17) is 16.6 Å². The number of amides is 4. The van der Waals surface area contributed by atoms with E-state index < -0.39 is 35.9 Å². The summed E-state index contributed by atoms with van der Waals surface area (Å²) in [6.07, 6.45) is 1.84. The van der Waals surface area contributed by atoms with Crippen molar-refractivity contribution in [2.75, 3.05) is 19.6 Å². The molecule has 0 bridgehead atoms. The van der Waals surface area contributed by atoms with Crippen LogP contribution in [0.3, 0.4) is 0 Å². The van der Waals surface area contributed by atoms with Gasteiger partial charge in [0.25, 0.3) is 0 Å². The Hall–Kier alpha value is -2.36. The number of urea groups is 1. The zero-order chi connectivity index (χ0) is 17.4. The predicted octanol–water partition coefficient (Wildman–Crippen LogP) is -2.05. The van der Waals surface area contributed by atoms with Crippen LogP contribution < -0.4 is 22.1 Å². The molecule has 0 aromatic heterocycles. The van der Waals surface area contributed by atoms with Crippen LogP contribution in [0.5, 0.6) is 0 Å². The second-order valence-corrected chi connectivity index (χ2v) is 5.34. The lowest BCUT2D eigenvalue weighted by atomic mass is 10.1. The van der Waals surface area contributed by atoms with Crippen LogP contribution in [-0.4, -0.2) is 65.5 Å². The highest BCUT2D eigenvalue weighted by Gasteiger charge is 2.33. The molecule has 0 aliphatic carbocycles. The van der Waals surface area contributed by atoms with Gasteiger partial charge in [0.1, 0.15) is 6.04 Å². The Morgan fingerprint density at radius 3 is 2.57 bits per heavy atom. The monoisotopic (exact) mass is 329 g/mol. The zero-order valence-corrected chi connectivity index (χ0v) is 12.8. The quantitative estimate of drug-likeness (QED) is 0.321. The van der Waals surface area contributed by atoms with Gasteiger partial charge in [-0.05, 0) is 25.7 Å². The molecule has 1 heterocycles. The summed E-state index contributed by atoms with van der Waals surface area (Å²) in [5.41, 5.74) is 10.6. The van der Waals surface area contributed by atoms with Crippen LogP contribution in [0.2, 0.25) is 0 Å². The molecule has 4 amide bonds. The molecule has 0 saturated carbocycles. The molecule has 0 aromatic carbocycles. The average Bonchev–Trinajstić information content (AvgIpc) is 2.98. The van der Waals surface area contributed by atoms with Gasteiger partial charge in [-0.2, -0.15) is 0 Å². The molecule has 0 radical (unpaired) electrons. The van der Waals surface area contributed by atoms with Crippen LogP contribution in [0.25, 0.3) is 0 Å². The molecular formula is C13H23N5O5. The number of aliphatic carboxylic acids is 1. The van der Waals surface area contributed by atoms with Gasteiger partial charge in [-0.15, -0.1) is 0 Å². The molecule has 1 saturated heterocycles. The van der Waals surface area contributed by atoms with Crippen LogP contribution in [0, 0.1) is 0 Å². The third-order valence-corrected chi connectivity index (χ3v) is 3.60. The second-order valence-electron chi connectivity index (χ2n) is 5.34. The molecule has 130 valence electrons. The summed E-state index contributed by atoms with van der Waals surface area (Å²) in [4.78, 5) is 46.5. The van der Waals surface area contributed by atoms with Crippen molar-refractivity contribution < 1.29 is 24.3 Å². The highest BCUT2D eigenvalue weighted by Crippen LogP contribution is 2.17. The van der Waals surface area contributed by atoms with Gasteiger partial charge in [0.2, 0.25) is 11.8 Å². The van der Waals surface area contributed by atoms with Gasteiger partial charge in [-0.1, -0.05) is 0 Å². The molecular weight excluding hydrogens is 306 g/mol. The highest BCUT2D eigenvalue weighted by atomic mass is 16.4. The van der Waals surface area contributed by atoms with Crippen molar-refractivity contribution in [1.82, 2.24) is 15.5 Å². The average molecular weight is 329 g/mol. The number of carbonyl (C=O) groups excluding carboxylic acids is 3. The van der Waals surface area contributed by atoms with E-state index in [0.717, 1.165) is 0 Å². The molecule has 0 spiro atoms. The van der Waals surface area contributed by atoms with Crippen LogP contribution >= 0.6 is 0 Å². The van der Waals surface area contributed by atoms with Crippen LogP contribution in [0.15, 0.2) is 0 Å². The highest BCUT2D eigenvalue weighted by molar-refractivity contribution is 5.89. The van der Waals surface area contributed by atoms with Gasteiger partial charge in [0.05, 0.1) is 12.6 Å². The minimum absolute atomic E-state index is 0.282. The molecule has 2 atom stereocenters. The Kier molecular flexibility index (Phi) is 7.26. The van der Waals surface area contributed by atoms with E-state index in [-0.39, 0.29) is 6.54 Å². The number of nitrogens with two attached hydrogens (primary N) is 2. The second kappa shape index (κ2) is 8.93. The van der Waals surface area contributed by atoms with Crippen molar-refractivity contribution >= 4 is 23.8 Å². The number of hydrogen-bond donors (Lipinski definition) is 5. The zero-order valence-electron chi connectivity index (χ0n) is 12.8. The van der Waals surface area contributed by atoms with Gasteiger partial charge in [0, 0.05) is 13.1 Å². The summed E-state index contributed by atoms with van der Waals surface area (Å²) in [6.45, 7) is 0.398. The first-order valence-corrected chi connectivity index (χ1v) is 7.41. The lowest BCUT2D eigenvalue weighted by Crippen LogP contribution is -2.48. The number of primary amides is 1. The van der Waals surface area contributed by atoms with Crippen LogP contribution in [-0.2, 0) is 14.4 Å². The van der Waals surface area contributed by atoms with E-state index in [1.807, 2.05) is 0 Å². The molecule has 10 heteroatoms. The van der Waals surface area contributed by atoms with Gasteiger partial charge < -0.3 is 32.1 Å². The minimum Gasteiger partial charge on any atom is -0.480 e. The Labute approximate surface area is 133 Å². The summed E-state index contributed by atoms with van der Waals surface area (Å²) in [5, 5.41) is 13.8. The third kappa shape index (κ3) is 6.10. The number of likely N-dealkylation sites (tertiary alicyclic amines) is 1. The Morgan fingerprint density at radius 1 is 1.26 bits per heavy atom. The molecule has 1 fully saturated rings. The smallest absolute Gasteiger partial charge is 0.326 e. The van der Waals surface area contributed by atoms with E-state index in [1.165, 1.54) is 4.90 Å². The van der Waals surface area contributed by atoms with Crippen LogP contribution in [0.1, 0.15) is 25.7 Å². The molecule has 1 rings (SSSR count). The van der Waals surface area contributed by atoms with Crippen molar-refractivity contribution in [3.05, 3.63) is 0 Å². The van der Waals surface area contributed by atoms with Gasteiger partial charge in [-0.3, -0.25) is 9.59 Å². The summed E-state index contributed by atoms with van der Waals surface area (Å²) in [7, 11) is 0. The summed E-state index contributed by atoms with van der Waals surface area (Å²) < 4.78 is 0. The van der Waals surface area contributed by atoms with Crippen molar-refractivity contribution in [2.24, 2.45) is 11.5 Å². The maximum atomic E-state index is 12.0. The first-order chi connectivity index (χ1) is 10.8. The summed E-state index contributed by atoms with van der Waals surface area (Å²) in [5.74, 6) is -1.98. The first-order valence-electron chi connectivity index (χ1n) is 7.41. The largest absolute Gasteiger partial charge is 0.480 e. The van der Waals surface area contributed by atoms with Crippen molar-refractivity contribution in [1.29, 1.82) is 0 Å². The number of carboxylic acids is 1. The number of rotatable bonds is 8. The molecule has 0 unspecified atom stereocenters. The van der Waals surface area contributed by atoms with E-state index in [0.29, 0.717) is 38.8 Å². The molecule has 7 N–H and O–H groups in total. The summed E-state index contributed by atoms with van der Waals surface area (Å²) >= 11 is 0. The van der Waals surface area contributed by atoms with Gasteiger partial charge in [0.15, 0.2) is 0 Å². The van der Waals surface area contributed by atoms with Crippen LogP contribution in [0.4, 0.5) is 4.79 Å². The number of nitrogens with one attached hydrogen (secondary N) is 2. The lowest BCUT2D eigenvalue weighted by molar-refractivity contribution is -0.148. The van der Waals surface area contributed by atoms with E-state index in [1.54, 1.807) is 0 Å². The Bertz CT molecular complexity index is 470. The Morgan fingerprint density at radius 2 is 1.96 bits per heavy atom. The maximum Gasteiger partial charge on any atom is 0.326 e. The fourth-order valence-electron chi connectivity index (χ4n) is 2.38. The summed E-state index contributed by atoms with van der Waals surface area (Å²) in [6, 6.07) is -2.29. The number of carboxylic acid groups (broad SMARTS) is 1. The van der Waals surface area contributed by atoms with Gasteiger partial charge in [-0.25, -0.2) is 9.59 Å². The number of nitrogens with zero attached hydrogens (tertiary/aromatic N) is 1. The number of hydrogen-bond acceptors (Lipinski definition) is 5. The predicted molar refractivity (Wildman–Crippen MR) is 80.2 cm³/mol. The lowest BCUT2D eigenvalue weighted by Gasteiger charge is -2.22. The SMILES string of the molecule is NC(=O)NCCC[C@H](N)C(=O)NCC(=O)N1CCC[C@H]1C(=O)O. The molecule has 1 aliphatic heterocycles. The van der Waals surface area contributed by atoms with Gasteiger partial charge >= 0.3 is 12.0 Å². The van der Waals surface area contributed by atoms with Crippen molar-refractivity contribution in [2.45, 2.75) is 37.8 Å². The van der Waals surface area contributed by atoms with E-state index >= 15 is 0 Å². The molecule has 10 nitrogen and oxygen atoms in total. The third-order valence-electron chi connectivity index (χ3n) is 3.60. The minimum atomic E-state index is -1.04. The fraction of sp³-hybridized carbons (Fsp3) is 0.692. The fourth-order valence-corrected chi connectivity index (χ4v) is 2.38. The Balaban J connectivity index is 2.30. The molecule has 0 aromatic rings. The van der Waals surface area contributed by atoms with E-state index in [2.05, 4.69) is 10.6 Å². The van der Waals surface area contributed by atoms with Crippen molar-refractivity contribution in [3.8, 4) is 0 Å². The van der Waals surface area contributed by atoms with Crippen molar-refractivity contribution in [3.63, 3.8) is 0 Å². The normalized spacial score (nSPS) is 18.3. The topological polar surface area (TPSA) is 168 Å². The standard InChI is InChI=1S/C13H23N5O5/c14-8(3-1-5-16-13(15)23)11(20)17-7-10(19)18-6-2-4-9(18)12(21)22/h8-9H,1-7,14H2,(H,17,20)(H,21,22)(H3,15,16,23)/t8-,9-/m0/s1. The molecule has 23 heavy (non-hydrogen) atoms. The molecule has 1 aliphatic rings. The van der Waals surface area contributed by atoms with E-state index in [9.17, 15) is 19.2 Å². The maximum absolute atomic E-state index is 12.0.